The molecule has 0 aliphatic carbocycles. The van der Waals surface area contributed by atoms with Gasteiger partial charge in [-0.3, -0.25) is 9.52 Å². The van der Waals surface area contributed by atoms with Crippen molar-refractivity contribution in [2.45, 2.75) is 45.0 Å². The molecule has 0 fully saturated rings. The van der Waals surface area contributed by atoms with Gasteiger partial charge in [-0.1, -0.05) is 42.8 Å². The number of carbonyl (C=O) groups excluding carboxylic acids is 1. The van der Waals surface area contributed by atoms with Crippen LogP contribution in [0.3, 0.4) is 0 Å². The maximum Gasteiger partial charge on any atom is 0.258 e. The number of rotatable bonds is 13. The number of aromatic hydroxyl groups is 1. The van der Waals surface area contributed by atoms with Crippen LogP contribution in [0.4, 0.5) is 10.1 Å². The third kappa shape index (κ3) is 8.78. The van der Waals surface area contributed by atoms with Crippen LogP contribution in [0.1, 0.15) is 32.4 Å². The van der Waals surface area contributed by atoms with E-state index in [9.17, 15) is 22.7 Å². The average molecular weight is 592 g/mol. The van der Waals surface area contributed by atoms with Gasteiger partial charge in [-0.15, -0.1) is 0 Å². The summed E-state index contributed by atoms with van der Waals surface area (Å²) in [5, 5.41) is 12.9. The fraction of sp³-hybridized carbons (Fsp3) is 0.435. The Morgan fingerprint density at radius 1 is 1.14 bits per heavy atom. The van der Waals surface area contributed by atoms with Gasteiger partial charge in [0.05, 0.1) is 18.0 Å². The van der Waals surface area contributed by atoms with E-state index in [1.807, 2.05) is 0 Å². The lowest BCUT2D eigenvalue weighted by atomic mass is 10.1. The Labute approximate surface area is 215 Å². The summed E-state index contributed by atoms with van der Waals surface area (Å²) in [5.41, 5.74) is 0.622. The van der Waals surface area contributed by atoms with Crippen molar-refractivity contribution in [2.24, 2.45) is 0 Å². The molecule has 0 aromatic heterocycles. The molecule has 12 heteroatoms. The van der Waals surface area contributed by atoms with E-state index in [0.717, 1.165) is 24.4 Å². The molecule has 2 rings (SSSR count). The number of benzene rings is 2. The number of anilines is 1. The smallest absolute Gasteiger partial charge is 0.258 e. The second-order valence-corrected chi connectivity index (χ2v) is 15.6. The maximum atomic E-state index is 14.0. The van der Waals surface area contributed by atoms with E-state index in [0.29, 0.717) is 10.0 Å². The van der Waals surface area contributed by atoms with E-state index in [1.54, 1.807) is 12.1 Å². The second kappa shape index (κ2) is 12.7. The van der Waals surface area contributed by atoms with Gasteiger partial charge in [-0.25, -0.2) is 12.8 Å². The number of amides is 1. The van der Waals surface area contributed by atoms with E-state index < -0.39 is 36.2 Å². The SMILES string of the molecule is CC[Si](CC)(CC)O[C@H](CNC(=O)COc1ccc(Br)cc1F)c1ccc(O)c(NS(C)(=O)=O)c1. The van der Waals surface area contributed by atoms with Crippen LogP contribution in [-0.4, -0.2) is 47.2 Å². The van der Waals surface area contributed by atoms with Gasteiger partial charge >= 0.3 is 0 Å². The van der Waals surface area contributed by atoms with Gasteiger partial charge < -0.3 is 19.6 Å². The molecule has 0 aliphatic rings. The third-order valence-electron chi connectivity index (χ3n) is 5.75. The Kier molecular flexibility index (Phi) is 10.6. The van der Waals surface area contributed by atoms with E-state index in [-0.39, 0.29) is 30.3 Å². The first-order valence-electron chi connectivity index (χ1n) is 11.2. The van der Waals surface area contributed by atoms with E-state index >= 15 is 0 Å². The number of halogens is 2. The summed E-state index contributed by atoms with van der Waals surface area (Å²) < 4.78 is 52.1. The van der Waals surface area contributed by atoms with Crippen molar-refractivity contribution in [3.8, 4) is 11.5 Å². The number of nitrogens with one attached hydrogen (secondary N) is 2. The van der Waals surface area contributed by atoms with Gasteiger partial charge in [0.2, 0.25) is 10.0 Å². The number of carbonyl (C=O) groups is 1. The molecule has 1 amide bonds. The van der Waals surface area contributed by atoms with Crippen LogP contribution < -0.4 is 14.8 Å². The Bertz CT molecular complexity index is 1120. The first kappa shape index (κ1) is 29.1. The molecule has 3 N–H and O–H groups in total. The predicted octanol–water partition coefficient (Wildman–Crippen LogP) is 4.92. The van der Waals surface area contributed by atoms with Gasteiger partial charge in [0.25, 0.3) is 5.91 Å². The first-order chi connectivity index (χ1) is 16.4. The normalized spacial score (nSPS) is 12.7. The molecule has 0 bridgehead atoms. The number of hydrogen-bond acceptors (Lipinski definition) is 6. The summed E-state index contributed by atoms with van der Waals surface area (Å²) in [6, 6.07) is 11.4. The fourth-order valence-corrected chi connectivity index (χ4v) is 7.28. The molecule has 2 aromatic rings. The summed E-state index contributed by atoms with van der Waals surface area (Å²) in [6.07, 6.45) is 0.403. The summed E-state index contributed by atoms with van der Waals surface area (Å²) in [4.78, 5) is 12.5. The lowest BCUT2D eigenvalue weighted by Crippen LogP contribution is -2.41. The van der Waals surface area contributed by atoms with Gasteiger partial charge in [0.1, 0.15) is 5.75 Å². The number of ether oxygens (including phenoxy) is 1. The van der Waals surface area contributed by atoms with Crippen molar-refractivity contribution < 1.29 is 31.9 Å². The van der Waals surface area contributed by atoms with E-state index in [1.165, 1.54) is 24.3 Å². The molecule has 0 aliphatic heterocycles. The molecule has 0 radical (unpaired) electrons. The zero-order chi connectivity index (χ0) is 26.2. The molecular weight excluding hydrogens is 559 g/mol. The summed E-state index contributed by atoms with van der Waals surface area (Å²) in [5.74, 6) is -1.32. The van der Waals surface area contributed by atoms with Crippen molar-refractivity contribution in [3.63, 3.8) is 0 Å². The Morgan fingerprint density at radius 3 is 2.37 bits per heavy atom. The zero-order valence-corrected chi connectivity index (χ0v) is 23.6. The fourth-order valence-electron chi connectivity index (χ4n) is 3.56. The van der Waals surface area contributed by atoms with Crippen LogP contribution >= 0.6 is 15.9 Å². The molecule has 35 heavy (non-hydrogen) atoms. The molecular formula is C23H32BrFN2O6SSi. The van der Waals surface area contributed by atoms with Crippen molar-refractivity contribution >= 4 is 45.9 Å². The second-order valence-electron chi connectivity index (χ2n) is 8.17. The summed E-state index contributed by atoms with van der Waals surface area (Å²) in [6.45, 7) is 5.91. The first-order valence-corrected chi connectivity index (χ1v) is 16.5. The minimum absolute atomic E-state index is 0.0238. The van der Waals surface area contributed by atoms with Gasteiger partial charge in [-0.05, 0) is 54.0 Å². The number of phenolic OH excluding ortho intramolecular Hbond substituents is 1. The molecule has 2 aromatic carbocycles. The third-order valence-corrected chi connectivity index (χ3v) is 11.5. The molecule has 0 heterocycles. The van der Waals surface area contributed by atoms with Crippen molar-refractivity contribution in [1.82, 2.24) is 5.32 Å². The number of phenols is 1. The van der Waals surface area contributed by atoms with Crippen molar-refractivity contribution in [2.75, 3.05) is 24.1 Å². The summed E-state index contributed by atoms with van der Waals surface area (Å²) in [7, 11) is -5.75. The molecule has 0 saturated carbocycles. The lowest BCUT2D eigenvalue weighted by Gasteiger charge is -2.34. The molecule has 1 atom stereocenters. The number of sulfonamides is 1. The molecule has 8 nitrogen and oxygen atoms in total. The largest absolute Gasteiger partial charge is 0.506 e. The Hall–Kier alpha value is -2.15. The molecule has 0 saturated heterocycles. The maximum absolute atomic E-state index is 14.0. The lowest BCUT2D eigenvalue weighted by molar-refractivity contribution is -0.123. The van der Waals surface area contributed by atoms with Gasteiger partial charge in [-0.2, -0.15) is 0 Å². The van der Waals surface area contributed by atoms with Crippen LogP contribution in [0.25, 0.3) is 0 Å². The number of hydrogen-bond donors (Lipinski definition) is 3. The highest BCUT2D eigenvalue weighted by atomic mass is 79.9. The van der Waals surface area contributed by atoms with Crippen LogP contribution in [0.15, 0.2) is 40.9 Å². The predicted molar refractivity (Wildman–Crippen MR) is 140 cm³/mol. The quantitative estimate of drug-likeness (QED) is 0.225. The van der Waals surface area contributed by atoms with Crippen molar-refractivity contribution in [1.29, 1.82) is 0 Å². The van der Waals surface area contributed by atoms with Crippen LogP contribution in [-0.2, 0) is 19.2 Å². The van der Waals surface area contributed by atoms with E-state index in [4.69, 9.17) is 9.16 Å². The molecule has 194 valence electrons. The topological polar surface area (TPSA) is 114 Å². The summed E-state index contributed by atoms with van der Waals surface area (Å²) >= 11 is 3.17. The zero-order valence-electron chi connectivity index (χ0n) is 20.2. The minimum Gasteiger partial charge on any atom is -0.506 e. The molecule has 0 unspecified atom stereocenters. The molecule has 0 spiro atoms. The standard InChI is InChI=1S/C23H32BrFN2O6SSi/c1-5-35(6-2,7-3)33-22(16-8-10-20(28)19(12-16)27-34(4,30)31)14-26-23(29)15-32-21-11-9-17(24)13-18(21)25/h8-13,22,27-28H,5-7,14-15H2,1-4H3,(H,26,29)/t22-/m1/s1. The highest BCUT2D eigenvalue weighted by Gasteiger charge is 2.33. The van der Waals surface area contributed by atoms with Gasteiger partial charge in [0, 0.05) is 11.0 Å². The Morgan fingerprint density at radius 2 is 1.80 bits per heavy atom. The minimum atomic E-state index is -3.62. The highest BCUT2D eigenvalue weighted by molar-refractivity contribution is 9.10. The Balaban J connectivity index is 2.21. The van der Waals surface area contributed by atoms with E-state index in [2.05, 4.69) is 46.7 Å². The van der Waals surface area contributed by atoms with Crippen LogP contribution in [0.5, 0.6) is 11.5 Å². The highest BCUT2D eigenvalue weighted by Crippen LogP contribution is 2.33. The van der Waals surface area contributed by atoms with Crippen molar-refractivity contribution in [3.05, 3.63) is 52.3 Å². The van der Waals surface area contributed by atoms with Gasteiger partial charge in [0.15, 0.2) is 26.5 Å². The monoisotopic (exact) mass is 590 g/mol. The van der Waals surface area contributed by atoms with Crippen LogP contribution in [0.2, 0.25) is 18.1 Å². The average Bonchev–Trinajstić information content (AvgIpc) is 2.80. The van der Waals surface area contributed by atoms with Crippen LogP contribution in [0, 0.1) is 5.82 Å².